The molecule has 0 heterocycles. The lowest BCUT2D eigenvalue weighted by Crippen LogP contribution is -2.35. The van der Waals surface area contributed by atoms with Gasteiger partial charge in [-0.05, 0) is 31.7 Å². The molecule has 0 aliphatic heterocycles. The Kier molecular flexibility index (Phi) is 4.07. The number of rotatable bonds is 4. The molecule has 0 radical (unpaired) electrons. The maximum Gasteiger partial charge on any atom is 0.00695 e. The Hall–Kier alpha value is -0.0400. The molecular formula is C11H23N. The molecule has 1 N–H and O–H groups in total. The van der Waals surface area contributed by atoms with Gasteiger partial charge in [-0.3, -0.25) is 0 Å². The van der Waals surface area contributed by atoms with Crippen molar-refractivity contribution in [2.75, 3.05) is 6.54 Å². The van der Waals surface area contributed by atoms with E-state index in [-0.39, 0.29) is 0 Å². The smallest absolute Gasteiger partial charge is 0.00695 e. The van der Waals surface area contributed by atoms with E-state index in [1.807, 2.05) is 0 Å². The highest BCUT2D eigenvalue weighted by Crippen LogP contribution is 2.35. The summed E-state index contributed by atoms with van der Waals surface area (Å²) < 4.78 is 0. The number of nitrogens with one attached hydrogen (secondary N) is 1. The molecule has 0 aromatic heterocycles. The fourth-order valence-corrected chi connectivity index (χ4v) is 2.70. The zero-order valence-electron chi connectivity index (χ0n) is 8.77. The fourth-order valence-electron chi connectivity index (χ4n) is 2.70. The molecule has 0 spiro atoms. The van der Waals surface area contributed by atoms with Crippen LogP contribution in [0.5, 0.6) is 0 Å². The first kappa shape index (κ1) is 10.0. The predicted octanol–water partition coefficient (Wildman–Crippen LogP) is 2.81. The van der Waals surface area contributed by atoms with Gasteiger partial charge in [-0.2, -0.15) is 0 Å². The van der Waals surface area contributed by atoms with Crippen molar-refractivity contribution in [2.24, 2.45) is 11.8 Å². The van der Waals surface area contributed by atoms with Crippen LogP contribution in [-0.2, 0) is 0 Å². The van der Waals surface area contributed by atoms with Gasteiger partial charge in [0, 0.05) is 6.04 Å². The first-order valence-electron chi connectivity index (χ1n) is 5.53. The van der Waals surface area contributed by atoms with Gasteiger partial charge in [-0.25, -0.2) is 0 Å². The highest BCUT2D eigenvalue weighted by atomic mass is 14.9. The lowest BCUT2D eigenvalue weighted by molar-refractivity contribution is 0.294. The average Bonchev–Trinajstić information content (AvgIpc) is 2.51. The summed E-state index contributed by atoms with van der Waals surface area (Å²) in [6.07, 6.45) is 5.75. The number of hydrogen-bond donors (Lipinski definition) is 1. The zero-order valence-corrected chi connectivity index (χ0v) is 8.77. The second kappa shape index (κ2) is 4.86. The Bertz CT molecular complexity index is 122. The highest BCUT2D eigenvalue weighted by molar-refractivity contribution is 4.83. The van der Waals surface area contributed by atoms with Crippen LogP contribution in [0.25, 0.3) is 0 Å². The minimum absolute atomic E-state index is 0.738. The van der Waals surface area contributed by atoms with Crippen LogP contribution < -0.4 is 5.32 Å². The maximum absolute atomic E-state index is 3.55. The van der Waals surface area contributed by atoms with Gasteiger partial charge in [-0.1, -0.05) is 33.1 Å². The van der Waals surface area contributed by atoms with Gasteiger partial charge in [-0.15, -0.1) is 0 Å². The van der Waals surface area contributed by atoms with Crippen LogP contribution in [0.4, 0.5) is 0 Å². The third-order valence-corrected chi connectivity index (χ3v) is 3.41. The number of hydrogen-bond acceptors (Lipinski definition) is 1. The van der Waals surface area contributed by atoms with Crippen LogP contribution in [0.1, 0.15) is 46.5 Å². The van der Waals surface area contributed by atoms with Crippen LogP contribution >= 0.6 is 0 Å². The lowest BCUT2D eigenvalue weighted by atomic mass is 9.88. The second-order valence-corrected chi connectivity index (χ2v) is 4.11. The summed E-state index contributed by atoms with van der Waals surface area (Å²) in [5.41, 5.74) is 0. The van der Waals surface area contributed by atoms with Crippen LogP contribution in [0.2, 0.25) is 0 Å². The van der Waals surface area contributed by atoms with Crippen LogP contribution in [0.3, 0.4) is 0 Å². The summed E-state index contributed by atoms with van der Waals surface area (Å²) in [4.78, 5) is 0. The molecule has 12 heavy (non-hydrogen) atoms. The van der Waals surface area contributed by atoms with Crippen molar-refractivity contribution in [3.8, 4) is 0 Å². The Morgan fingerprint density at radius 1 is 1.33 bits per heavy atom. The second-order valence-electron chi connectivity index (χ2n) is 4.11. The quantitative estimate of drug-likeness (QED) is 0.682. The Morgan fingerprint density at radius 2 is 2.08 bits per heavy atom. The molecule has 1 nitrogen and oxygen atoms in total. The van der Waals surface area contributed by atoms with Crippen molar-refractivity contribution < 1.29 is 0 Å². The van der Waals surface area contributed by atoms with Crippen molar-refractivity contribution in [1.82, 2.24) is 5.32 Å². The van der Waals surface area contributed by atoms with Crippen LogP contribution in [0, 0.1) is 11.8 Å². The topological polar surface area (TPSA) is 12.0 Å². The normalized spacial score (nSPS) is 32.2. The Labute approximate surface area is 76.9 Å². The molecule has 1 heteroatoms. The van der Waals surface area contributed by atoms with Gasteiger partial charge in [0.1, 0.15) is 0 Å². The van der Waals surface area contributed by atoms with Gasteiger partial charge in [0.2, 0.25) is 0 Å². The third kappa shape index (κ3) is 2.22. The summed E-state index contributed by atoms with van der Waals surface area (Å²) in [7, 11) is 0. The molecule has 1 fully saturated rings. The van der Waals surface area contributed by atoms with Crippen molar-refractivity contribution in [3.63, 3.8) is 0 Å². The van der Waals surface area contributed by atoms with Crippen molar-refractivity contribution >= 4 is 0 Å². The molecule has 1 saturated carbocycles. The van der Waals surface area contributed by atoms with E-state index < -0.39 is 0 Å². The molecule has 0 saturated heterocycles. The van der Waals surface area contributed by atoms with Crippen molar-refractivity contribution in [2.45, 2.75) is 52.5 Å². The van der Waals surface area contributed by atoms with Crippen molar-refractivity contribution in [3.05, 3.63) is 0 Å². The fraction of sp³-hybridized carbons (Fsp3) is 1.00. The SMILES string of the molecule is CCNC(C)[C@H]1CCC[C@H]1CC. The molecule has 0 bridgehead atoms. The minimum Gasteiger partial charge on any atom is -0.314 e. The molecule has 72 valence electrons. The predicted molar refractivity (Wildman–Crippen MR) is 54.3 cm³/mol. The first-order chi connectivity index (χ1) is 5.79. The van der Waals surface area contributed by atoms with E-state index in [0.29, 0.717) is 0 Å². The molecule has 1 unspecified atom stereocenters. The molecule has 1 aliphatic rings. The maximum atomic E-state index is 3.55. The van der Waals surface area contributed by atoms with E-state index in [1.54, 1.807) is 0 Å². The molecule has 1 rings (SSSR count). The van der Waals surface area contributed by atoms with Gasteiger partial charge in [0.05, 0.1) is 0 Å². The lowest BCUT2D eigenvalue weighted by Gasteiger charge is -2.25. The molecule has 1 aliphatic carbocycles. The summed E-state index contributed by atoms with van der Waals surface area (Å²) in [5, 5.41) is 3.55. The average molecular weight is 169 g/mol. The van der Waals surface area contributed by atoms with E-state index in [2.05, 4.69) is 26.1 Å². The molecule has 3 atom stereocenters. The van der Waals surface area contributed by atoms with Crippen LogP contribution in [-0.4, -0.2) is 12.6 Å². The highest BCUT2D eigenvalue weighted by Gasteiger charge is 2.29. The largest absolute Gasteiger partial charge is 0.314 e. The minimum atomic E-state index is 0.738. The van der Waals surface area contributed by atoms with Gasteiger partial charge in [0.25, 0.3) is 0 Å². The standard InChI is InChI=1S/C11H23N/c1-4-10-7-6-8-11(10)9(3)12-5-2/h9-12H,4-8H2,1-3H3/t9?,10-,11-/m1/s1. The van der Waals surface area contributed by atoms with E-state index in [4.69, 9.17) is 0 Å². The summed E-state index contributed by atoms with van der Waals surface area (Å²) >= 11 is 0. The monoisotopic (exact) mass is 169 g/mol. The zero-order chi connectivity index (χ0) is 8.97. The van der Waals surface area contributed by atoms with E-state index >= 15 is 0 Å². The van der Waals surface area contributed by atoms with Crippen LogP contribution in [0.15, 0.2) is 0 Å². The van der Waals surface area contributed by atoms with Gasteiger partial charge >= 0.3 is 0 Å². The molecule has 0 aromatic rings. The first-order valence-corrected chi connectivity index (χ1v) is 5.53. The van der Waals surface area contributed by atoms with E-state index in [1.165, 1.54) is 25.7 Å². The Morgan fingerprint density at radius 3 is 2.67 bits per heavy atom. The third-order valence-electron chi connectivity index (χ3n) is 3.41. The summed E-state index contributed by atoms with van der Waals surface area (Å²) in [5.74, 6) is 1.95. The van der Waals surface area contributed by atoms with E-state index in [0.717, 1.165) is 24.4 Å². The molecule has 0 amide bonds. The summed E-state index contributed by atoms with van der Waals surface area (Å²) in [6.45, 7) is 8.00. The summed E-state index contributed by atoms with van der Waals surface area (Å²) in [6, 6.07) is 0.738. The van der Waals surface area contributed by atoms with E-state index in [9.17, 15) is 0 Å². The molecule has 0 aromatic carbocycles. The van der Waals surface area contributed by atoms with Crippen molar-refractivity contribution in [1.29, 1.82) is 0 Å². The van der Waals surface area contributed by atoms with Gasteiger partial charge < -0.3 is 5.32 Å². The Balaban J connectivity index is 2.38. The molecular weight excluding hydrogens is 146 g/mol. The van der Waals surface area contributed by atoms with Gasteiger partial charge in [0.15, 0.2) is 0 Å².